The Morgan fingerprint density at radius 2 is 1.83 bits per heavy atom. The van der Waals surface area contributed by atoms with E-state index < -0.39 is 0 Å². The maximum absolute atomic E-state index is 4.66. The van der Waals surface area contributed by atoms with Crippen molar-refractivity contribution in [2.45, 2.75) is 6.92 Å². The smallest absolute Gasteiger partial charge is 0.116 e. The zero-order chi connectivity index (χ0) is 24.4. The lowest BCUT2D eigenvalue weighted by molar-refractivity contribution is 0.449. The highest BCUT2D eigenvalue weighted by Crippen LogP contribution is 2.34. The molecule has 35 heavy (non-hydrogen) atoms. The van der Waals surface area contributed by atoms with Crippen molar-refractivity contribution in [3.8, 4) is 22.5 Å². The number of nitrogens with one attached hydrogen (secondary N) is 2. The Balaban J connectivity index is 1.59. The van der Waals surface area contributed by atoms with E-state index in [1.807, 2.05) is 30.6 Å². The topological polar surface area (TPSA) is 73.5 Å². The first-order valence-electron chi connectivity index (χ1n) is 11.6. The minimum absolute atomic E-state index is 0.836. The summed E-state index contributed by atoms with van der Waals surface area (Å²) < 4.78 is 0. The predicted octanol–water partition coefficient (Wildman–Crippen LogP) is 6.25. The molecular formula is C29H28N6. The summed E-state index contributed by atoms with van der Waals surface area (Å²) in [6.45, 7) is 6.89. The highest BCUT2D eigenvalue weighted by Gasteiger charge is 2.15. The van der Waals surface area contributed by atoms with Crippen molar-refractivity contribution >= 4 is 27.4 Å². The minimum atomic E-state index is 0.836. The van der Waals surface area contributed by atoms with Gasteiger partial charge in [0.1, 0.15) is 5.69 Å². The average molecular weight is 461 g/mol. The van der Waals surface area contributed by atoms with Crippen LogP contribution in [0.15, 0.2) is 91.6 Å². The van der Waals surface area contributed by atoms with Gasteiger partial charge in [-0.1, -0.05) is 30.9 Å². The number of allylic oxidation sites excluding steroid dienone is 3. The second-order valence-corrected chi connectivity index (χ2v) is 8.80. The van der Waals surface area contributed by atoms with E-state index in [-0.39, 0.29) is 0 Å². The number of aromatic amines is 2. The van der Waals surface area contributed by atoms with Gasteiger partial charge in [0, 0.05) is 41.5 Å². The van der Waals surface area contributed by atoms with Crippen LogP contribution in [-0.4, -0.2) is 50.7 Å². The number of H-pyrrole nitrogens is 2. The van der Waals surface area contributed by atoms with Gasteiger partial charge in [-0.15, -0.1) is 0 Å². The van der Waals surface area contributed by atoms with E-state index in [1.165, 1.54) is 5.57 Å². The quantitative estimate of drug-likeness (QED) is 0.282. The summed E-state index contributed by atoms with van der Waals surface area (Å²) in [5.41, 5.74) is 9.39. The molecule has 5 rings (SSSR count). The molecule has 1 aromatic carbocycles. The van der Waals surface area contributed by atoms with Crippen LogP contribution >= 0.6 is 0 Å². The van der Waals surface area contributed by atoms with Gasteiger partial charge in [0.2, 0.25) is 0 Å². The molecular weight excluding hydrogens is 432 g/mol. The van der Waals surface area contributed by atoms with E-state index in [0.29, 0.717) is 0 Å². The fraction of sp³-hybridized carbons (Fsp3) is 0.138. The zero-order valence-corrected chi connectivity index (χ0v) is 20.2. The number of rotatable bonds is 7. The van der Waals surface area contributed by atoms with Crippen molar-refractivity contribution < 1.29 is 0 Å². The first kappa shape index (κ1) is 22.5. The summed E-state index contributed by atoms with van der Waals surface area (Å²) in [7, 11) is 4.12. The van der Waals surface area contributed by atoms with E-state index in [9.17, 15) is 0 Å². The lowest BCUT2D eigenvalue weighted by Gasteiger charge is -2.11. The van der Waals surface area contributed by atoms with Crippen LogP contribution in [0.3, 0.4) is 0 Å². The summed E-state index contributed by atoms with van der Waals surface area (Å²) in [4.78, 5) is 14.2. The second-order valence-electron chi connectivity index (χ2n) is 8.80. The fourth-order valence-corrected chi connectivity index (χ4v) is 4.41. The number of likely N-dealkylation sites (N-methyl/N-ethyl adjacent to an activating group) is 1. The second kappa shape index (κ2) is 9.52. The molecule has 4 aromatic heterocycles. The van der Waals surface area contributed by atoms with Gasteiger partial charge in [-0.2, -0.15) is 5.10 Å². The van der Waals surface area contributed by atoms with Gasteiger partial charge >= 0.3 is 0 Å². The molecule has 0 saturated carbocycles. The molecule has 4 heterocycles. The number of aromatic nitrogens is 5. The zero-order valence-electron chi connectivity index (χ0n) is 20.2. The van der Waals surface area contributed by atoms with E-state index in [1.54, 1.807) is 12.4 Å². The summed E-state index contributed by atoms with van der Waals surface area (Å²) >= 11 is 0. The first-order chi connectivity index (χ1) is 17.1. The molecule has 0 aliphatic heterocycles. The summed E-state index contributed by atoms with van der Waals surface area (Å²) in [6, 6.07) is 12.6. The molecule has 0 atom stereocenters. The summed E-state index contributed by atoms with van der Waals surface area (Å²) in [5.74, 6) is 0. The number of fused-ring (bicyclic) bond motifs is 2. The number of hydrogen-bond donors (Lipinski definition) is 2. The SMILES string of the molecule is C=C/C(=C\C(=C/C)c1ccc2[nH]nc(-c3cc4c(-c5ccncc5)cncc4[nH]3)c2c1)CN(C)C. The molecule has 6 heteroatoms. The first-order valence-corrected chi connectivity index (χ1v) is 11.6. The Bertz CT molecular complexity index is 1570. The third-order valence-corrected chi connectivity index (χ3v) is 6.10. The molecule has 0 radical (unpaired) electrons. The molecule has 0 fully saturated rings. The van der Waals surface area contributed by atoms with Crippen molar-refractivity contribution in [1.29, 1.82) is 0 Å². The van der Waals surface area contributed by atoms with E-state index in [2.05, 4.69) is 94.1 Å². The van der Waals surface area contributed by atoms with Gasteiger partial charge < -0.3 is 9.88 Å². The van der Waals surface area contributed by atoms with E-state index in [4.69, 9.17) is 0 Å². The Hall–Kier alpha value is -4.29. The number of nitrogens with zero attached hydrogens (tertiary/aromatic N) is 4. The van der Waals surface area contributed by atoms with Gasteiger partial charge in [0.15, 0.2) is 0 Å². The van der Waals surface area contributed by atoms with Crippen molar-refractivity contribution in [3.63, 3.8) is 0 Å². The van der Waals surface area contributed by atoms with E-state index >= 15 is 0 Å². The van der Waals surface area contributed by atoms with Crippen LogP contribution in [0.5, 0.6) is 0 Å². The molecule has 0 aliphatic carbocycles. The number of pyridine rings is 2. The number of benzene rings is 1. The molecule has 0 aliphatic rings. The van der Waals surface area contributed by atoms with Crippen LogP contribution in [0.25, 0.3) is 49.9 Å². The average Bonchev–Trinajstić information content (AvgIpc) is 3.50. The molecule has 0 saturated heterocycles. The molecule has 0 bridgehead atoms. The molecule has 174 valence electrons. The van der Waals surface area contributed by atoms with Crippen LogP contribution in [0.1, 0.15) is 12.5 Å². The molecule has 5 aromatic rings. The van der Waals surface area contributed by atoms with Crippen LogP contribution in [0.2, 0.25) is 0 Å². The standard InChI is InChI=1S/C29H28N6/c1-5-19(18-35(3)4)13-20(6-2)22-7-8-26-24(14-22)29(34-33-26)27-15-23-25(16-31-17-28(23)32-27)21-9-11-30-12-10-21/h5-17,32H,1,18H2,2-4H3,(H,33,34)/b19-13+,20-6+. The Morgan fingerprint density at radius 3 is 2.57 bits per heavy atom. The molecule has 0 amide bonds. The fourth-order valence-electron chi connectivity index (χ4n) is 4.41. The Labute approximate surface area is 204 Å². The highest BCUT2D eigenvalue weighted by molar-refractivity contribution is 6.01. The maximum atomic E-state index is 4.66. The van der Waals surface area contributed by atoms with Crippen LogP contribution in [0, 0.1) is 0 Å². The molecule has 6 nitrogen and oxygen atoms in total. The predicted molar refractivity (Wildman–Crippen MR) is 145 cm³/mol. The van der Waals surface area contributed by atoms with E-state index in [0.717, 1.165) is 62.0 Å². The summed E-state index contributed by atoms with van der Waals surface area (Å²) in [6.07, 6.45) is 13.6. The van der Waals surface area contributed by atoms with Gasteiger partial charge in [-0.3, -0.25) is 15.1 Å². The van der Waals surface area contributed by atoms with Gasteiger partial charge in [0.25, 0.3) is 0 Å². The monoisotopic (exact) mass is 460 g/mol. The van der Waals surface area contributed by atoms with Crippen molar-refractivity contribution in [2.75, 3.05) is 20.6 Å². The third-order valence-electron chi connectivity index (χ3n) is 6.10. The van der Waals surface area contributed by atoms with Crippen LogP contribution in [-0.2, 0) is 0 Å². The Kier molecular flexibility index (Phi) is 6.12. The van der Waals surface area contributed by atoms with Gasteiger partial charge in [0.05, 0.1) is 22.9 Å². The van der Waals surface area contributed by atoms with Crippen LogP contribution in [0.4, 0.5) is 0 Å². The van der Waals surface area contributed by atoms with Gasteiger partial charge in [-0.05, 0) is 73.6 Å². The van der Waals surface area contributed by atoms with Gasteiger partial charge in [-0.25, -0.2) is 0 Å². The third kappa shape index (κ3) is 4.44. The lowest BCUT2D eigenvalue weighted by Crippen LogP contribution is -2.14. The molecule has 2 N–H and O–H groups in total. The van der Waals surface area contributed by atoms with Crippen molar-refractivity contribution in [2.24, 2.45) is 0 Å². The minimum Gasteiger partial charge on any atom is -0.352 e. The maximum Gasteiger partial charge on any atom is 0.116 e. The summed E-state index contributed by atoms with van der Waals surface area (Å²) in [5, 5.41) is 10.0. The van der Waals surface area contributed by atoms with Crippen molar-refractivity contribution in [1.82, 2.24) is 30.0 Å². The van der Waals surface area contributed by atoms with Crippen LogP contribution < -0.4 is 0 Å². The molecule has 0 spiro atoms. The number of hydrogen-bond acceptors (Lipinski definition) is 4. The normalized spacial score (nSPS) is 12.7. The largest absolute Gasteiger partial charge is 0.352 e. The van der Waals surface area contributed by atoms with Crippen molar-refractivity contribution in [3.05, 3.63) is 97.1 Å². The Morgan fingerprint density at radius 1 is 1.00 bits per heavy atom. The highest BCUT2D eigenvalue weighted by atomic mass is 15.1. The lowest BCUT2D eigenvalue weighted by atomic mass is 9.99. The molecule has 0 unspecified atom stereocenters.